The Hall–Kier alpha value is -3.52. The number of anilines is 1. The van der Waals surface area contributed by atoms with Crippen molar-refractivity contribution in [2.75, 3.05) is 5.32 Å². The standard InChI is InChI=1S/C24H20F2N4OS/c1-15-8-11-19(12-9-15)30-22(17-6-4-3-5-7-17)28-29-24(30)32-16(2)23(31)27-21-14-18(25)10-13-20(21)26/h3-14,16H,1-2H3,(H,27,31). The maximum atomic E-state index is 13.9. The van der Waals surface area contributed by atoms with E-state index in [0.717, 1.165) is 35.0 Å². The maximum absolute atomic E-state index is 13.9. The van der Waals surface area contributed by atoms with Gasteiger partial charge in [-0.25, -0.2) is 8.78 Å². The maximum Gasteiger partial charge on any atom is 0.237 e. The van der Waals surface area contributed by atoms with Gasteiger partial charge in [0.25, 0.3) is 0 Å². The Morgan fingerprint density at radius 3 is 2.44 bits per heavy atom. The third-order valence-corrected chi connectivity index (χ3v) is 5.84. The number of hydrogen-bond donors (Lipinski definition) is 1. The van der Waals surface area contributed by atoms with Gasteiger partial charge in [-0.2, -0.15) is 0 Å². The van der Waals surface area contributed by atoms with Crippen LogP contribution in [0.2, 0.25) is 0 Å². The molecule has 0 saturated carbocycles. The van der Waals surface area contributed by atoms with E-state index in [9.17, 15) is 13.6 Å². The predicted molar refractivity (Wildman–Crippen MR) is 122 cm³/mol. The second-order valence-corrected chi connectivity index (χ2v) is 8.52. The van der Waals surface area contributed by atoms with E-state index in [1.807, 2.05) is 66.1 Å². The Balaban J connectivity index is 1.64. The molecule has 0 bridgehead atoms. The zero-order valence-corrected chi connectivity index (χ0v) is 18.2. The largest absolute Gasteiger partial charge is 0.323 e. The molecule has 1 atom stereocenters. The number of carbonyl (C=O) groups excluding carboxylic acids is 1. The normalized spacial score (nSPS) is 11.9. The molecule has 1 heterocycles. The van der Waals surface area contributed by atoms with Gasteiger partial charge in [0, 0.05) is 17.3 Å². The summed E-state index contributed by atoms with van der Waals surface area (Å²) in [6, 6.07) is 20.4. The first-order valence-electron chi connectivity index (χ1n) is 9.93. The molecule has 0 saturated heterocycles. The van der Waals surface area contributed by atoms with Gasteiger partial charge in [-0.05, 0) is 38.1 Å². The summed E-state index contributed by atoms with van der Waals surface area (Å²) in [5.41, 5.74) is 2.65. The lowest BCUT2D eigenvalue weighted by atomic mass is 10.2. The number of nitrogens with one attached hydrogen (secondary N) is 1. The highest BCUT2D eigenvalue weighted by atomic mass is 32.2. The van der Waals surface area contributed by atoms with Crippen LogP contribution in [-0.2, 0) is 4.79 Å². The minimum Gasteiger partial charge on any atom is -0.323 e. The van der Waals surface area contributed by atoms with E-state index in [4.69, 9.17) is 0 Å². The van der Waals surface area contributed by atoms with Crippen LogP contribution in [0.3, 0.4) is 0 Å². The molecule has 162 valence electrons. The lowest BCUT2D eigenvalue weighted by molar-refractivity contribution is -0.115. The molecule has 1 amide bonds. The number of nitrogens with zero attached hydrogens (tertiary/aromatic N) is 3. The minimum absolute atomic E-state index is 0.201. The smallest absolute Gasteiger partial charge is 0.237 e. The third-order valence-electron chi connectivity index (χ3n) is 4.80. The van der Waals surface area contributed by atoms with E-state index in [0.29, 0.717) is 11.0 Å². The number of benzene rings is 3. The molecule has 3 aromatic carbocycles. The van der Waals surface area contributed by atoms with Gasteiger partial charge in [0.1, 0.15) is 11.6 Å². The van der Waals surface area contributed by atoms with Gasteiger partial charge >= 0.3 is 0 Å². The Morgan fingerprint density at radius 2 is 1.72 bits per heavy atom. The second-order valence-electron chi connectivity index (χ2n) is 7.22. The quantitative estimate of drug-likeness (QED) is 0.386. The summed E-state index contributed by atoms with van der Waals surface area (Å²) in [6.45, 7) is 3.68. The van der Waals surface area contributed by atoms with E-state index in [2.05, 4.69) is 15.5 Å². The fourth-order valence-electron chi connectivity index (χ4n) is 3.09. The first kappa shape index (κ1) is 21.7. The molecule has 0 aliphatic heterocycles. The van der Waals surface area contributed by atoms with Crippen molar-refractivity contribution in [3.63, 3.8) is 0 Å². The number of halogens is 2. The fraction of sp³-hybridized carbons (Fsp3) is 0.125. The van der Waals surface area contributed by atoms with Crippen molar-refractivity contribution in [2.24, 2.45) is 0 Å². The summed E-state index contributed by atoms with van der Waals surface area (Å²) in [7, 11) is 0. The number of carbonyl (C=O) groups is 1. The van der Waals surface area contributed by atoms with E-state index in [-0.39, 0.29) is 5.69 Å². The van der Waals surface area contributed by atoms with Crippen LogP contribution >= 0.6 is 11.8 Å². The van der Waals surface area contributed by atoms with Crippen molar-refractivity contribution in [1.29, 1.82) is 0 Å². The van der Waals surface area contributed by atoms with E-state index < -0.39 is 22.8 Å². The highest BCUT2D eigenvalue weighted by Gasteiger charge is 2.22. The SMILES string of the molecule is Cc1ccc(-n2c(SC(C)C(=O)Nc3cc(F)ccc3F)nnc2-c2ccccc2)cc1. The van der Waals surface area contributed by atoms with Crippen LogP contribution in [0.4, 0.5) is 14.5 Å². The van der Waals surface area contributed by atoms with E-state index in [1.165, 1.54) is 11.8 Å². The molecule has 4 aromatic rings. The van der Waals surface area contributed by atoms with Crippen LogP contribution in [0.5, 0.6) is 0 Å². The van der Waals surface area contributed by atoms with Crippen molar-refractivity contribution >= 4 is 23.4 Å². The van der Waals surface area contributed by atoms with Gasteiger partial charge in [-0.3, -0.25) is 9.36 Å². The number of aromatic nitrogens is 3. The number of hydrogen-bond acceptors (Lipinski definition) is 4. The van der Waals surface area contributed by atoms with Gasteiger partial charge in [0.15, 0.2) is 11.0 Å². The van der Waals surface area contributed by atoms with Crippen molar-refractivity contribution in [1.82, 2.24) is 14.8 Å². The first-order chi connectivity index (χ1) is 15.4. The highest BCUT2D eigenvalue weighted by Crippen LogP contribution is 2.31. The molecule has 1 aromatic heterocycles. The Morgan fingerprint density at radius 1 is 1.00 bits per heavy atom. The Bertz CT molecular complexity index is 1240. The fourth-order valence-corrected chi connectivity index (χ4v) is 3.95. The molecule has 0 aliphatic rings. The average molecular weight is 451 g/mol. The molecule has 1 N–H and O–H groups in total. The van der Waals surface area contributed by atoms with Gasteiger partial charge in [0.2, 0.25) is 5.91 Å². The van der Waals surface area contributed by atoms with Crippen LogP contribution in [0.15, 0.2) is 78.0 Å². The van der Waals surface area contributed by atoms with Crippen molar-refractivity contribution in [3.05, 3.63) is 90.0 Å². The molecule has 8 heteroatoms. The lowest BCUT2D eigenvalue weighted by Gasteiger charge is -2.14. The van der Waals surface area contributed by atoms with Crippen LogP contribution in [0, 0.1) is 18.6 Å². The summed E-state index contributed by atoms with van der Waals surface area (Å²) in [4.78, 5) is 12.7. The summed E-state index contributed by atoms with van der Waals surface area (Å²) in [5.74, 6) is -1.17. The molecule has 0 spiro atoms. The predicted octanol–water partition coefficient (Wildman–Crippen LogP) is 5.64. The van der Waals surface area contributed by atoms with Gasteiger partial charge in [-0.15, -0.1) is 10.2 Å². The van der Waals surface area contributed by atoms with Crippen LogP contribution in [-0.4, -0.2) is 25.9 Å². The number of thioether (sulfide) groups is 1. The highest BCUT2D eigenvalue weighted by molar-refractivity contribution is 8.00. The number of amides is 1. The van der Waals surface area contributed by atoms with Crippen molar-refractivity contribution < 1.29 is 13.6 Å². The van der Waals surface area contributed by atoms with Crippen LogP contribution in [0.1, 0.15) is 12.5 Å². The number of rotatable bonds is 6. The van der Waals surface area contributed by atoms with E-state index in [1.54, 1.807) is 6.92 Å². The molecule has 1 unspecified atom stereocenters. The van der Waals surface area contributed by atoms with Crippen LogP contribution in [0.25, 0.3) is 17.1 Å². The monoisotopic (exact) mass is 450 g/mol. The van der Waals surface area contributed by atoms with Crippen molar-refractivity contribution in [2.45, 2.75) is 24.3 Å². The topological polar surface area (TPSA) is 59.8 Å². The average Bonchev–Trinajstić information content (AvgIpc) is 3.20. The van der Waals surface area contributed by atoms with Gasteiger partial charge in [0.05, 0.1) is 10.9 Å². The summed E-state index contributed by atoms with van der Waals surface area (Å²) < 4.78 is 29.2. The molecular formula is C24H20F2N4OS. The number of aryl methyl sites for hydroxylation is 1. The summed E-state index contributed by atoms with van der Waals surface area (Å²) >= 11 is 1.18. The minimum atomic E-state index is -0.703. The molecule has 4 rings (SSSR count). The zero-order valence-electron chi connectivity index (χ0n) is 17.4. The molecule has 0 aliphatic carbocycles. The molecule has 0 fully saturated rings. The Kier molecular flexibility index (Phi) is 6.32. The first-order valence-corrected chi connectivity index (χ1v) is 10.8. The zero-order chi connectivity index (χ0) is 22.7. The van der Waals surface area contributed by atoms with E-state index >= 15 is 0 Å². The molecule has 5 nitrogen and oxygen atoms in total. The molecule has 0 radical (unpaired) electrons. The molecular weight excluding hydrogens is 430 g/mol. The lowest BCUT2D eigenvalue weighted by Crippen LogP contribution is -2.23. The van der Waals surface area contributed by atoms with Gasteiger partial charge in [-0.1, -0.05) is 59.8 Å². The van der Waals surface area contributed by atoms with Gasteiger partial charge < -0.3 is 5.32 Å². The molecule has 32 heavy (non-hydrogen) atoms. The van der Waals surface area contributed by atoms with Crippen molar-refractivity contribution in [3.8, 4) is 17.1 Å². The Labute approximate surface area is 188 Å². The third kappa shape index (κ3) is 4.70. The van der Waals surface area contributed by atoms with Crippen LogP contribution < -0.4 is 5.32 Å². The second kappa shape index (κ2) is 9.32. The summed E-state index contributed by atoms with van der Waals surface area (Å²) in [5, 5.41) is 11.0. The summed E-state index contributed by atoms with van der Waals surface area (Å²) in [6.07, 6.45) is 0.